The topological polar surface area (TPSA) is 82.6 Å². The smallest absolute Gasteiger partial charge is 0.253 e. The number of carbonyl (C=O) groups excluding carboxylic acids is 1. The van der Waals surface area contributed by atoms with Crippen LogP contribution in [0.1, 0.15) is 46.0 Å². The molecule has 1 unspecified atom stereocenters. The molecule has 2 aliphatic heterocycles. The van der Waals surface area contributed by atoms with Crippen molar-refractivity contribution in [2.45, 2.75) is 58.2 Å². The molecule has 3 rings (SSSR count). The molecule has 0 saturated carbocycles. The highest BCUT2D eigenvalue weighted by molar-refractivity contribution is 5.94. The van der Waals surface area contributed by atoms with Crippen molar-refractivity contribution in [3.8, 4) is 0 Å². The molecule has 2 fully saturated rings. The molecule has 0 aliphatic carbocycles. The summed E-state index contributed by atoms with van der Waals surface area (Å²) in [5.41, 5.74) is 0.549. The van der Waals surface area contributed by atoms with Crippen molar-refractivity contribution in [2.75, 3.05) is 11.9 Å². The number of hydrogen-bond acceptors (Lipinski definition) is 6. The highest BCUT2D eigenvalue weighted by Gasteiger charge is 2.36. The number of rotatable bonds is 3. The molecule has 0 radical (unpaired) electrons. The Balaban J connectivity index is 1.59. The molecule has 7 nitrogen and oxygen atoms in total. The van der Waals surface area contributed by atoms with Gasteiger partial charge in [0.1, 0.15) is 12.2 Å². The molecule has 4 atom stereocenters. The Hall–Kier alpha value is -1.57. The number of anilines is 1. The molecule has 1 N–H and O–H groups in total. The Labute approximate surface area is 135 Å². The van der Waals surface area contributed by atoms with E-state index in [-0.39, 0.29) is 18.1 Å². The maximum Gasteiger partial charge on any atom is 0.253 e. The van der Waals surface area contributed by atoms with E-state index in [1.54, 1.807) is 12.4 Å². The summed E-state index contributed by atoms with van der Waals surface area (Å²) in [7, 11) is 0. The van der Waals surface area contributed by atoms with Crippen LogP contribution in [0.25, 0.3) is 0 Å². The number of nitrogens with zero attached hydrogens (tertiary/aromatic N) is 2. The normalized spacial score (nSPS) is 32.9. The highest BCUT2D eigenvalue weighted by atomic mass is 16.7. The SMILES string of the molecule is C[C@H]1C[C@H](C(=O)Nc2cnc(C3COC(C)(C)O3)nc2)O[C@@H]1C. The van der Waals surface area contributed by atoms with Crippen molar-refractivity contribution in [1.82, 2.24) is 9.97 Å². The fourth-order valence-electron chi connectivity index (χ4n) is 2.75. The first-order valence-corrected chi connectivity index (χ1v) is 7.94. The minimum absolute atomic E-state index is 0.104. The molecule has 7 heteroatoms. The van der Waals surface area contributed by atoms with Crippen molar-refractivity contribution in [3.63, 3.8) is 0 Å². The predicted molar refractivity (Wildman–Crippen MR) is 82.6 cm³/mol. The molecule has 1 amide bonds. The zero-order valence-corrected chi connectivity index (χ0v) is 13.9. The van der Waals surface area contributed by atoms with Crippen molar-refractivity contribution in [2.24, 2.45) is 5.92 Å². The van der Waals surface area contributed by atoms with Crippen LogP contribution < -0.4 is 5.32 Å². The van der Waals surface area contributed by atoms with Gasteiger partial charge in [-0.25, -0.2) is 9.97 Å². The number of aromatic nitrogens is 2. The van der Waals surface area contributed by atoms with Gasteiger partial charge in [0.05, 0.1) is 30.8 Å². The second-order valence-electron chi connectivity index (χ2n) is 6.68. The fourth-order valence-corrected chi connectivity index (χ4v) is 2.75. The average Bonchev–Trinajstić information content (AvgIpc) is 3.03. The van der Waals surface area contributed by atoms with Crippen molar-refractivity contribution >= 4 is 11.6 Å². The Morgan fingerprint density at radius 3 is 2.52 bits per heavy atom. The first-order chi connectivity index (χ1) is 10.8. The number of carbonyl (C=O) groups is 1. The molecule has 0 spiro atoms. The van der Waals surface area contributed by atoms with Gasteiger partial charge in [-0.3, -0.25) is 4.79 Å². The lowest BCUT2D eigenvalue weighted by atomic mass is 10.0. The number of amides is 1. The quantitative estimate of drug-likeness (QED) is 0.917. The summed E-state index contributed by atoms with van der Waals surface area (Å²) in [6.07, 6.45) is 3.30. The minimum atomic E-state index is -0.617. The van der Waals surface area contributed by atoms with Crippen LogP contribution in [0.2, 0.25) is 0 Å². The van der Waals surface area contributed by atoms with Gasteiger partial charge in [-0.1, -0.05) is 6.92 Å². The van der Waals surface area contributed by atoms with Crippen LogP contribution in [0.4, 0.5) is 5.69 Å². The minimum Gasteiger partial charge on any atom is -0.365 e. The molecule has 1 aromatic rings. The maximum absolute atomic E-state index is 12.2. The van der Waals surface area contributed by atoms with Crippen LogP contribution in [0.3, 0.4) is 0 Å². The molecule has 3 heterocycles. The van der Waals surface area contributed by atoms with E-state index in [1.165, 1.54) is 0 Å². The standard InChI is InChI=1S/C16H23N3O4/c1-9-5-12(22-10(9)2)15(20)19-11-6-17-14(18-7-11)13-8-21-16(3,4)23-13/h6-7,9-10,12-13H,5,8H2,1-4H3,(H,19,20)/t9-,10+,12+,13?/m0/s1. The molecule has 0 aromatic carbocycles. The largest absolute Gasteiger partial charge is 0.365 e. The van der Waals surface area contributed by atoms with Gasteiger partial charge in [-0.05, 0) is 33.1 Å². The monoisotopic (exact) mass is 321 g/mol. The third-order valence-electron chi connectivity index (χ3n) is 4.29. The molecular weight excluding hydrogens is 298 g/mol. The third-order valence-corrected chi connectivity index (χ3v) is 4.29. The Morgan fingerprint density at radius 2 is 2.00 bits per heavy atom. The number of nitrogens with one attached hydrogen (secondary N) is 1. The van der Waals surface area contributed by atoms with Gasteiger partial charge in [-0.15, -0.1) is 0 Å². The molecule has 1 aromatic heterocycles. The predicted octanol–water partition coefficient (Wildman–Crippen LogP) is 2.05. The van der Waals surface area contributed by atoms with Crippen LogP contribution in [0.15, 0.2) is 12.4 Å². The van der Waals surface area contributed by atoms with Crippen LogP contribution in [-0.2, 0) is 19.0 Å². The molecule has 23 heavy (non-hydrogen) atoms. The van der Waals surface area contributed by atoms with Crippen molar-refractivity contribution in [1.29, 1.82) is 0 Å². The Kier molecular flexibility index (Phi) is 4.35. The molecule has 126 valence electrons. The average molecular weight is 321 g/mol. The van der Waals surface area contributed by atoms with Crippen molar-refractivity contribution < 1.29 is 19.0 Å². The Morgan fingerprint density at radius 1 is 1.30 bits per heavy atom. The lowest BCUT2D eigenvalue weighted by molar-refractivity contribution is -0.140. The second-order valence-corrected chi connectivity index (χ2v) is 6.68. The van der Waals surface area contributed by atoms with E-state index in [2.05, 4.69) is 22.2 Å². The fraction of sp³-hybridized carbons (Fsp3) is 0.688. The third kappa shape index (κ3) is 3.68. The maximum atomic E-state index is 12.2. The van der Waals surface area contributed by atoms with Gasteiger partial charge in [-0.2, -0.15) is 0 Å². The van der Waals surface area contributed by atoms with Gasteiger partial charge in [0.25, 0.3) is 5.91 Å². The summed E-state index contributed by atoms with van der Waals surface area (Å²) in [6.45, 7) is 8.20. The molecule has 0 bridgehead atoms. The molecule has 2 saturated heterocycles. The second kappa shape index (κ2) is 6.14. The number of hydrogen-bond donors (Lipinski definition) is 1. The molecule has 2 aliphatic rings. The van der Waals surface area contributed by atoms with E-state index in [0.717, 1.165) is 6.42 Å². The van der Waals surface area contributed by atoms with Crippen LogP contribution in [0.5, 0.6) is 0 Å². The zero-order valence-electron chi connectivity index (χ0n) is 13.9. The van der Waals surface area contributed by atoms with E-state index in [9.17, 15) is 4.79 Å². The Bertz CT molecular complexity index is 565. The van der Waals surface area contributed by atoms with Crippen molar-refractivity contribution in [3.05, 3.63) is 18.2 Å². The van der Waals surface area contributed by atoms with Crippen LogP contribution in [-0.4, -0.2) is 40.5 Å². The van der Waals surface area contributed by atoms with Gasteiger partial charge >= 0.3 is 0 Å². The van der Waals surface area contributed by atoms with E-state index in [4.69, 9.17) is 14.2 Å². The summed E-state index contributed by atoms with van der Waals surface area (Å²) in [4.78, 5) is 20.7. The van der Waals surface area contributed by atoms with E-state index in [0.29, 0.717) is 24.0 Å². The van der Waals surface area contributed by atoms with Crippen LogP contribution >= 0.6 is 0 Å². The summed E-state index contributed by atoms with van der Waals surface area (Å²) in [6, 6.07) is 0. The first-order valence-electron chi connectivity index (χ1n) is 7.94. The van der Waals surface area contributed by atoms with Gasteiger partial charge in [0.2, 0.25) is 0 Å². The van der Waals surface area contributed by atoms with E-state index in [1.807, 2.05) is 20.8 Å². The first kappa shape index (κ1) is 16.3. The summed E-state index contributed by atoms with van der Waals surface area (Å²) >= 11 is 0. The summed E-state index contributed by atoms with van der Waals surface area (Å²) in [5, 5.41) is 2.80. The lowest BCUT2D eigenvalue weighted by Crippen LogP contribution is -2.28. The van der Waals surface area contributed by atoms with Crippen LogP contribution in [0, 0.1) is 5.92 Å². The number of ether oxygens (including phenoxy) is 3. The van der Waals surface area contributed by atoms with Gasteiger partial charge < -0.3 is 19.5 Å². The lowest BCUT2D eigenvalue weighted by Gasteiger charge is -2.16. The zero-order chi connectivity index (χ0) is 16.6. The summed E-state index contributed by atoms with van der Waals surface area (Å²) < 4.78 is 16.9. The molecular formula is C16H23N3O4. The summed E-state index contributed by atoms with van der Waals surface area (Å²) in [5.74, 6) is 0.160. The van der Waals surface area contributed by atoms with Gasteiger partial charge in [0.15, 0.2) is 11.6 Å². The van der Waals surface area contributed by atoms with E-state index >= 15 is 0 Å². The van der Waals surface area contributed by atoms with E-state index < -0.39 is 11.9 Å². The highest BCUT2D eigenvalue weighted by Crippen LogP contribution is 2.31. The van der Waals surface area contributed by atoms with Gasteiger partial charge in [0, 0.05) is 0 Å².